The lowest BCUT2D eigenvalue weighted by Crippen LogP contribution is -2.51. The summed E-state index contributed by atoms with van der Waals surface area (Å²) < 4.78 is 7.33. The lowest BCUT2D eigenvalue weighted by Gasteiger charge is -2.52. The van der Waals surface area contributed by atoms with Crippen molar-refractivity contribution in [1.82, 2.24) is 0 Å². The Kier molecular flexibility index (Phi) is 23.9. The molecule has 0 heterocycles. The lowest BCUT2D eigenvalue weighted by molar-refractivity contribution is -0.137. The van der Waals surface area contributed by atoms with Gasteiger partial charge in [-0.1, -0.05) is 232 Å². The van der Waals surface area contributed by atoms with Gasteiger partial charge in [0.25, 0.3) is 0 Å². The number of aliphatic carboxylic acids is 3. The zero-order valence-electron chi connectivity index (χ0n) is 52.5. The molecule has 0 saturated heterocycles. The van der Waals surface area contributed by atoms with Gasteiger partial charge in [0.15, 0.2) is 5.05 Å². The summed E-state index contributed by atoms with van der Waals surface area (Å²) in [6, 6.07) is 12.3. The average molecular weight is 1120 g/mol. The minimum absolute atomic E-state index is 0.127. The molecule has 0 fully saturated rings. The van der Waals surface area contributed by atoms with Crippen molar-refractivity contribution in [2.45, 2.75) is 265 Å². The van der Waals surface area contributed by atoms with E-state index in [1.165, 1.54) is 32.1 Å². The smallest absolute Gasteiger partial charge is 0.307 e. The summed E-state index contributed by atoms with van der Waals surface area (Å²) in [6.07, 6.45) is 10.8. The number of ether oxygens (including phenoxy) is 1. The molecule has 79 heavy (non-hydrogen) atoms. The van der Waals surface area contributed by atoms with Gasteiger partial charge in [-0.2, -0.15) is 0 Å². The Morgan fingerprint density at radius 3 is 0.962 bits per heavy atom. The maximum absolute atomic E-state index is 12.9. The first-order valence-electron chi connectivity index (χ1n) is 29.4. The number of thiocarbonyl (C=S) groups is 1. The van der Waals surface area contributed by atoms with Crippen LogP contribution in [-0.2, 0) is 76.3 Å². The summed E-state index contributed by atoms with van der Waals surface area (Å²) in [5, 5.41) is 64.9. The van der Waals surface area contributed by atoms with Crippen molar-refractivity contribution >= 4 is 35.2 Å². The number of unbranched alkanes of at least 4 members (excludes halogenated alkanes) is 9. The summed E-state index contributed by atoms with van der Waals surface area (Å²) in [5.74, 6) is -3.54. The van der Waals surface area contributed by atoms with Crippen LogP contribution in [0.2, 0.25) is 0 Å². The molecule has 0 aliphatic carbocycles. The molecule has 1 atom stereocenters. The van der Waals surface area contributed by atoms with Gasteiger partial charge in [0.05, 0.1) is 49.9 Å². The Morgan fingerprint density at radius 2 is 0.709 bits per heavy atom. The van der Waals surface area contributed by atoms with Gasteiger partial charge in [0, 0.05) is 5.92 Å². The van der Waals surface area contributed by atoms with Gasteiger partial charge in [0.2, 0.25) is 0 Å². The van der Waals surface area contributed by atoms with Crippen LogP contribution in [0.25, 0.3) is 0 Å². The van der Waals surface area contributed by atoms with E-state index in [1.807, 2.05) is 24.3 Å². The second-order valence-corrected chi connectivity index (χ2v) is 29.7. The van der Waals surface area contributed by atoms with Gasteiger partial charge in [-0.3, -0.25) is 14.4 Å². The molecule has 10 nitrogen and oxygen atoms in total. The number of carboxylic acid groups (broad SMARTS) is 3. The highest BCUT2D eigenvalue weighted by Gasteiger charge is 2.57. The van der Waals surface area contributed by atoms with Gasteiger partial charge in [-0.15, -0.1) is 0 Å². The summed E-state index contributed by atoms with van der Waals surface area (Å²) in [6.45, 7) is 38.6. The predicted molar refractivity (Wildman–Crippen MR) is 328 cm³/mol. The van der Waals surface area contributed by atoms with Crippen LogP contribution in [0.4, 0.5) is 0 Å². The van der Waals surface area contributed by atoms with Gasteiger partial charge >= 0.3 is 17.9 Å². The summed E-state index contributed by atoms with van der Waals surface area (Å²) >= 11 is 7.28. The van der Waals surface area contributed by atoms with E-state index in [0.717, 1.165) is 82.2 Å². The van der Waals surface area contributed by atoms with E-state index >= 15 is 0 Å². The molecular formula is C68H106O10S. The average Bonchev–Trinajstić information content (AvgIpc) is 3.29. The first-order chi connectivity index (χ1) is 36.2. The third kappa shape index (κ3) is 17.7. The Balaban J connectivity index is 3.21. The number of hydrogen-bond donors (Lipinski definition) is 6. The van der Waals surface area contributed by atoms with E-state index in [2.05, 4.69) is 144 Å². The molecule has 6 N–H and O–H groups in total. The first-order valence-corrected chi connectivity index (χ1v) is 29.8. The standard InChI is InChI=1S/C68H106O10S/c1-20-21-22-23-24-25-26-27-28-29-30-47(57-48(61(2,3)4)31-44(37-54(72)73)32-49(57)62(5,6)7)68(60(79)78-43-67(40-69,41-70)42-71,58-50(63(8,9)10)33-45(38-55(74)75)34-51(58)64(11,12)13)59-52(65(14,15)16)35-46(39-56(76)77)36-53(59)66(17,18)19/h31-36,47,69-71H,20-30,37-43H2,1-19H3,(H,72,73)(H,74,75)(H,76,77). The van der Waals surface area contributed by atoms with Crippen LogP contribution in [0, 0.1) is 5.41 Å². The highest BCUT2D eigenvalue weighted by Crippen LogP contribution is 2.60. The third-order valence-electron chi connectivity index (χ3n) is 15.9. The second kappa shape index (κ2) is 27.3. The van der Waals surface area contributed by atoms with Crippen molar-refractivity contribution in [3.63, 3.8) is 0 Å². The van der Waals surface area contributed by atoms with Crippen molar-refractivity contribution < 1.29 is 49.8 Å². The largest absolute Gasteiger partial charge is 0.485 e. The lowest BCUT2D eigenvalue weighted by atomic mass is 9.52. The van der Waals surface area contributed by atoms with Crippen LogP contribution in [-0.4, -0.2) is 80.0 Å². The monoisotopic (exact) mass is 1110 g/mol. The summed E-state index contributed by atoms with van der Waals surface area (Å²) in [7, 11) is 0. The number of carboxylic acids is 3. The fourth-order valence-corrected chi connectivity index (χ4v) is 12.0. The minimum Gasteiger partial charge on any atom is -0.485 e. The Morgan fingerprint density at radius 1 is 0.443 bits per heavy atom. The molecule has 0 bridgehead atoms. The maximum atomic E-state index is 12.9. The molecule has 11 heteroatoms. The van der Waals surface area contributed by atoms with Crippen molar-refractivity contribution in [3.8, 4) is 0 Å². The van der Waals surface area contributed by atoms with Gasteiger partial charge in [-0.05, 0) is 118 Å². The molecule has 0 aliphatic rings. The van der Waals surface area contributed by atoms with E-state index in [0.29, 0.717) is 23.1 Å². The van der Waals surface area contributed by atoms with Crippen LogP contribution in [0.5, 0.6) is 0 Å². The minimum atomic E-state index is -1.57. The van der Waals surface area contributed by atoms with Crippen LogP contribution in [0.1, 0.15) is 275 Å². The molecule has 1 unspecified atom stereocenters. The highest BCUT2D eigenvalue weighted by atomic mass is 32.1. The number of carbonyl (C=O) groups is 3. The fraction of sp³-hybridized carbons (Fsp3) is 0.676. The van der Waals surface area contributed by atoms with E-state index in [4.69, 9.17) is 17.0 Å². The van der Waals surface area contributed by atoms with Gasteiger partial charge < -0.3 is 35.4 Å². The fourth-order valence-electron chi connectivity index (χ4n) is 11.6. The molecule has 3 rings (SSSR count). The Hall–Kier alpha value is -4.16. The molecule has 3 aromatic rings. The van der Waals surface area contributed by atoms with Crippen LogP contribution < -0.4 is 0 Å². The molecule has 0 saturated carbocycles. The molecular weight excluding hydrogens is 1010 g/mol. The number of benzene rings is 3. The molecule has 0 radical (unpaired) electrons. The van der Waals surface area contributed by atoms with E-state index in [-0.39, 0.29) is 30.9 Å². The molecule has 0 aromatic heterocycles. The van der Waals surface area contributed by atoms with Gasteiger partial charge in [0.1, 0.15) is 6.61 Å². The van der Waals surface area contributed by atoms with Crippen molar-refractivity contribution in [1.29, 1.82) is 0 Å². The van der Waals surface area contributed by atoms with E-state index in [1.54, 1.807) is 0 Å². The number of hydrogen-bond acceptors (Lipinski definition) is 8. The maximum Gasteiger partial charge on any atom is 0.307 e. The molecule has 0 amide bonds. The quantitative estimate of drug-likeness (QED) is 0.0316. The predicted octanol–water partition coefficient (Wildman–Crippen LogP) is 15.0. The number of aliphatic hydroxyl groups is 3. The summed E-state index contributed by atoms with van der Waals surface area (Å²) in [4.78, 5) is 38.7. The Labute approximate surface area is 483 Å². The zero-order valence-corrected chi connectivity index (χ0v) is 53.3. The Bertz CT molecular complexity index is 2350. The van der Waals surface area contributed by atoms with Crippen LogP contribution >= 0.6 is 12.2 Å². The number of aliphatic hydroxyl groups excluding tert-OH is 3. The molecule has 0 spiro atoms. The first kappa shape index (κ1) is 69.1. The zero-order chi connectivity index (χ0) is 60.5. The third-order valence-corrected chi connectivity index (χ3v) is 16.3. The van der Waals surface area contributed by atoms with Gasteiger partial charge in [-0.25, -0.2) is 0 Å². The normalized spacial score (nSPS) is 13.6. The highest BCUT2D eigenvalue weighted by molar-refractivity contribution is 7.80. The van der Waals surface area contributed by atoms with Crippen molar-refractivity contribution in [3.05, 3.63) is 103 Å². The molecule has 444 valence electrons. The second-order valence-electron chi connectivity index (χ2n) is 29.3. The topological polar surface area (TPSA) is 182 Å². The van der Waals surface area contributed by atoms with Crippen LogP contribution in [0.15, 0.2) is 36.4 Å². The number of rotatable bonds is 27. The van der Waals surface area contributed by atoms with E-state index < -0.39 is 87.0 Å². The van der Waals surface area contributed by atoms with E-state index in [9.17, 15) is 45.0 Å². The molecule has 0 aliphatic heterocycles. The van der Waals surface area contributed by atoms with Crippen LogP contribution in [0.3, 0.4) is 0 Å². The molecule has 3 aromatic carbocycles. The van der Waals surface area contributed by atoms with Crippen molar-refractivity contribution in [2.75, 3.05) is 26.4 Å². The van der Waals surface area contributed by atoms with Crippen molar-refractivity contribution in [2.24, 2.45) is 5.41 Å². The SMILES string of the molecule is CCCCCCCCCCCCC(c1c(C(C)(C)C)cc(CC(=O)O)cc1C(C)(C)C)C(C(=S)OCC(CO)(CO)CO)(c1c(C(C)(C)C)cc(CC(=O)O)cc1C(C)(C)C)c1c(C(C)(C)C)cc(CC(=O)O)cc1C(C)(C)C. The summed E-state index contributed by atoms with van der Waals surface area (Å²) in [5.41, 5.74) is 2.77.